The molecule has 1 saturated heterocycles. The van der Waals surface area contributed by atoms with Crippen molar-refractivity contribution in [3.05, 3.63) is 0 Å². The maximum Gasteiger partial charge on any atom is 0.313 e. The fourth-order valence-electron chi connectivity index (χ4n) is 3.58. The van der Waals surface area contributed by atoms with E-state index >= 15 is 0 Å². The maximum absolute atomic E-state index is 12.6. The van der Waals surface area contributed by atoms with Crippen molar-refractivity contribution in [2.75, 3.05) is 13.1 Å². The molecule has 3 heteroatoms. The first-order chi connectivity index (χ1) is 9.20. The van der Waals surface area contributed by atoms with E-state index in [9.17, 15) is 4.79 Å². The molecule has 1 aliphatic carbocycles. The van der Waals surface area contributed by atoms with Gasteiger partial charge in [0.2, 0.25) is 0 Å². The van der Waals surface area contributed by atoms with Crippen LogP contribution in [-0.4, -0.2) is 25.2 Å². The number of piperidine rings is 1. The molecule has 1 saturated carbocycles. The van der Waals surface area contributed by atoms with Crippen LogP contribution in [0.5, 0.6) is 0 Å². The van der Waals surface area contributed by atoms with Crippen molar-refractivity contribution in [3.63, 3.8) is 0 Å². The molecule has 3 unspecified atom stereocenters. The molecular weight excluding hydrogens is 238 g/mol. The third kappa shape index (κ3) is 3.50. The summed E-state index contributed by atoms with van der Waals surface area (Å²) in [5, 5.41) is 3.36. The van der Waals surface area contributed by atoms with Gasteiger partial charge in [0.1, 0.15) is 6.10 Å². The third-order valence-electron chi connectivity index (χ3n) is 5.17. The van der Waals surface area contributed by atoms with Gasteiger partial charge in [-0.3, -0.25) is 4.79 Å². The average Bonchev–Trinajstić information content (AvgIpc) is 2.48. The van der Waals surface area contributed by atoms with E-state index in [-0.39, 0.29) is 17.5 Å². The molecule has 3 atom stereocenters. The third-order valence-corrected chi connectivity index (χ3v) is 5.17. The van der Waals surface area contributed by atoms with Crippen LogP contribution < -0.4 is 5.32 Å². The second-order valence-electron chi connectivity index (χ2n) is 6.38. The fraction of sp³-hybridized carbons (Fsp3) is 0.938. The lowest BCUT2D eigenvalue weighted by molar-refractivity contribution is -0.165. The molecule has 0 radical (unpaired) electrons. The van der Waals surface area contributed by atoms with E-state index in [1.807, 2.05) is 0 Å². The Morgan fingerprint density at radius 3 is 2.79 bits per heavy atom. The van der Waals surface area contributed by atoms with Gasteiger partial charge < -0.3 is 10.1 Å². The SMILES string of the molecule is CCC1CCCC(OC(=O)C2(CC)CCCNC2)C1. The first kappa shape index (κ1) is 14.8. The summed E-state index contributed by atoms with van der Waals surface area (Å²) in [7, 11) is 0. The highest BCUT2D eigenvalue weighted by atomic mass is 16.5. The Labute approximate surface area is 117 Å². The molecule has 2 fully saturated rings. The summed E-state index contributed by atoms with van der Waals surface area (Å²) in [4.78, 5) is 12.6. The van der Waals surface area contributed by atoms with Crippen molar-refractivity contribution in [3.8, 4) is 0 Å². The number of ether oxygens (including phenoxy) is 1. The molecule has 0 aromatic rings. The molecule has 0 amide bonds. The first-order valence-corrected chi connectivity index (χ1v) is 8.12. The topological polar surface area (TPSA) is 38.3 Å². The summed E-state index contributed by atoms with van der Waals surface area (Å²) in [6.07, 6.45) is 9.03. The van der Waals surface area contributed by atoms with Crippen LogP contribution in [0, 0.1) is 11.3 Å². The largest absolute Gasteiger partial charge is 0.462 e. The van der Waals surface area contributed by atoms with E-state index in [2.05, 4.69) is 19.2 Å². The Bertz CT molecular complexity index is 297. The van der Waals surface area contributed by atoms with Crippen LogP contribution >= 0.6 is 0 Å². The van der Waals surface area contributed by atoms with Crippen molar-refractivity contribution in [1.29, 1.82) is 0 Å². The second-order valence-corrected chi connectivity index (χ2v) is 6.38. The molecule has 3 nitrogen and oxygen atoms in total. The molecule has 0 aromatic heterocycles. The Hall–Kier alpha value is -0.570. The molecule has 1 aliphatic heterocycles. The Morgan fingerprint density at radius 1 is 1.32 bits per heavy atom. The van der Waals surface area contributed by atoms with E-state index in [1.54, 1.807) is 0 Å². The minimum atomic E-state index is -0.253. The molecule has 2 rings (SSSR count). The van der Waals surface area contributed by atoms with Gasteiger partial charge in [-0.25, -0.2) is 0 Å². The lowest BCUT2D eigenvalue weighted by Gasteiger charge is -2.37. The zero-order valence-electron chi connectivity index (χ0n) is 12.5. The quantitative estimate of drug-likeness (QED) is 0.794. The molecular formula is C16H29NO2. The van der Waals surface area contributed by atoms with Crippen LogP contribution in [-0.2, 0) is 9.53 Å². The summed E-state index contributed by atoms with van der Waals surface area (Å²) < 4.78 is 5.88. The van der Waals surface area contributed by atoms with Gasteiger partial charge in [-0.15, -0.1) is 0 Å². The van der Waals surface area contributed by atoms with Gasteiger partial charge in [0.05, 0.1) is 5.41 Å². The van der Waals surface area contributed by atoms with Gasteiger partial charge in [-0.1, -0.05) is 26.7 Å². The van der Waals surface area contributed by atoms with Crippen LogP contribution in [0.3, 0.4) is 0 Å². The smallest absolute Gasteiger partial charge is 0.313 e. The molecule has 1 heterocycles. The molecule has 0 spiro atoms. The Morgan fingerprint density at radius 2 is 2.16 bits per heavy atom. The number of esters is 1. The Balaban J connectivity index is 1.91. The van der Waals surface area contributed by atoms with Crippen LogP contribution in [0.15, 0.2) is 0 Å². The van der Waals surface area contributed by atoms with Crippen LogP contribution in [0.1, 0.15) is 65.2 Å². The van der Waals surface area contributed by atoms with Gasteiger partial charge in [0.25, 0.3) is 0 Å². The monoisotopic (exact) mass is 267 g/mol. The normalized spacial score (nSPS) is 35.9. The highest BCUT2D eigenvalue weighted by molar-refractivity contribution is 5.77. The van der Waals surface area contributed by atoms with Gasteiger partial charge in [0.15, 0.2) is 0 Å². The minimum absolute atomic E-state index is 0.0592. The molecule has 1 N–H and O–H groups in total. The second kappa shape index (κ2) is 6.74. The molecule has 0 bridgehead atoms. The summed E-state index contributed by atoms with van der Waals surface area (Å²) >= 11 is 0. The van der Waals surface area contributed by atoms with Crippen LogP contribution in [0.4, 0.5) is 0 Å². The molecule has 110 valence electrons. The van der Waals surface area contributed by atoms with Gasteiger partial charge in [0, 0.05) is 6.54 Å². The maximum atomic E-state index is 12.6. The van der Waals surface area contributed by atoms with E-state index in [0.29, 0.717) is 0 Å². The number of nitrogens with one attached hydrogen (secondary N) is 1. The van der Waals surface area contributed by atoms with E-state index < -0.39 is 0 Å². The van der Waals surface area contributed by atoms with E-state index in [1.165, 1.54) is 19.3 Å². The minimum Gasteiger partial charge on any atom is -0.462 e. The number of carbonyl (C=O) groups excluding carboxylic acids is 1. The van der Waals surface area contributed by atoms with Crippen LogP contribution in [0.2, 0.25) is 0 Å². The highest BCUT2D eigenvalue weighted by Crippen LogP contribution is 2.34. The van der Waals surface area contributed by atoms with Gasteiger partial charge in [-0.05, 0) is 51.0 Å². The summed E-state index contributed by atoms with van der Waals surface area (Å²) in [6.45, 7) is 6.19. The van der Waals surface area contributed by atoms with E-state index in [4.69, 9.17) is 4.74 Å². The molecule has 2 aliphatic rings. The zero-order valence-corrected chi connectivity index (χ0v) is 12.5. The predicted octanol–water partition coefficient (Wildman–Crippen LogP) is 3.28. The molecule has 0 aromatic carbocycles. The van der Waals surface area contributed by atoms with Gasteiger partial charge >= 0.3 is 5.97 Å². The number of hydrogen-bond donors (Lipinski definition) is 1. The van der Waals surface area contributed by atoms with Crippen molar-refractivity contribution in [2.24, 2.45) is 11.3 Å². The number of hydrogen-bond acceptors (Lipinski definition) is 3. The predicted molar refractivity (Wildman–Crippen MR) is 77.0 cm³/mol. The summed E-state index contributed by atoms with van der Waals surface area (Å²) in [6, 6.07) is 0. The highest BCUT2D eigenvalue weighted by Gasteiger charge is 2.40. The lowest BCUT2D eigenvalue weighted by atomic mass is 9.78. The number of rotatable bonds is 4. The first-order valence-electron chi connectivity index (χ1n) is 8.12. The van der Waals surface area contributed by atoms with Crippen molar-refractivity contribution >= 4 is 5.97 Å². The summed E-state index contributed by atoms with van der Waals surface area (Å²) in [5.74, 6) is 0.817. The standard InChI is InChI=1S/C16H29NO2/c1-3-13-7-5-8-14(11-13)19-15(18)16(4-2)9-6-10-17-12-16/h13-14,17H,3-12H2,1-2H3. The summed E-state index contributed by atoms with van der Waals surface area (Å²) in [5.41, 5.74) is -0.253. The van der Waals surface area contributed by atoms with Gasteiger partial charge in [-0.2, -0.15) is 0 Å². The van der Waals surface area contributed by atoms with Crippen LogP contribution in [0.25, 0.3) is 0 Å². The Kier molecular flexibility index (Phi) is 5.26. The van der Waals surface area contributed by atoms with E-state index in [0.717, 1.165) is 51.1 Å². The van der Waals surface area contributed by atoms with Crippen molar-refractivity contribution in [1.82, 2.24) is 5.32 Å². The lowest BCUT2D eigenvalue weighted by Crippen LogP contribution is -2.47. The fourth-order valence-corrected chi connectivity index (χ4v) is 3.58. The zero-order chi connectivity index (χ0) is 13.7. The number of carbonyl (C=O) groups is 1. The van der Waals surface area contributed by atoms with Crippen molar-refractivity contribution in [2.45, 2.75) is 71.3 Å². The average molecular weight is 267 g/mol. The molecule has 19 heavy (non-hydrogen) atoms. The van der Waals surface area contributed by atoms with Crippen molar-refractivity contribution < 1.29 is 9.53 Å².